The summed E-state index contributed by atoms with van der Waals surface area (Å²) >= 11 is 0. The molecule has 2 aromatic rings. The van der Waals surface area contributed by atoms with E-state index < -0.39 is 0 Å². The first kappa shape index (κ1) is 14.6. The van der Waals surface area contributed by atoms with E-state index in [2.05, 4.69) is 11.9 Å². The molecule has 1 fully saturated rings. The highest BCUT2D eigenvalue weighted by molar-refractivity contribution is 5.83. The quantitative estimate of drug-likeness (QED) is 0.843. The highest BCUT2D eigenvalue weighted by Crippen LogP contribution is 2.43. The number of fused-ring (bicyclic) bond motifs is 3. The number of rotatable bonds is 3. The topological polar surface area (TPSA) is 34.9 Å². The van der Waals surface area contributed by atoms with Gasteiger partial charge in [-0.3, -0.25) is 4.79 Å². The predicted octanol–water partition coefficient (Wildman–Crippen LogP) is 4.38. The van der Waals surface area contributed by atoms with E-state index in [1.807, 2.05) is 10.6 Å². The fourth-order valence-corrected chi connectivity index (χ4v) is 4.14. The van der Waals surface area contributed by atoms with E-state index in [0.29, 0.717) is 12.0 Å². The molecule has 3 nitrogen and oxygen atoms in total. The molecular weight excluding hydrogens is 291 g/mol. The maximum Gasteiger partial charge on any atom is 0.138 e. The van der Waals surface area contributed by atoms with E-state index >= 15 is 0 Å². The highest BCUT2D eigenvalue weighted by Gasteiger charge is 2.34. The summed E-state index contributed by atoms with van der Waals surface area (Å²) in [6.07, 6.45) is 8.06. The van der Waals surface area contributed by atoms with Gasteiger partial charge in [0.2, 0.25) is 0 Å². The molecule has 0 N–H and O–H groups in total. The summed E-state index contributed by atoms with van der Waals surface area (Å²) in [5.41, 5.74) is 2.44. The predicted molar refractivity (Wildman–Crippen MR) is 86.5 cm³/mol. The average Bonchev–Trinajstić information content (AvgIpc) is 3.12. The zero-order valence-electron chi connectivity index (χ0n) is 13.3. The summed E-state index contributed by atoms with van der Waals surface area (Å²) in [5, 5.41) is 0. The normalized spacial score (nSPS) is 25.9. The molecule has 4 heteroatoms. The number of halogens is 1. The summed E-state index contributed by atoms with van der Waals surface area (Å²) in [6.45, 7) is 2.25. The molecule has 2 aliphatic rings. The number of carbonyl (C=O) groups excluding carboxylic acids is 1. The van der Waals surface area contributed by atoms with Crippen LogP contribution in [0.1, 0.15) is 50.6 Å². The second-order valence-electron chi connectivity index (χ2n) is 7.03. The maximum atomic E-state index is 14.4. The minimum atomic E-state index is -0.240. The molecule has 1 atom stereocenters. The van der Waals surface area contributed by atoms with Crippen molar-refractivity contribution in [1.82, 2.24) is 9.55 Å². The van der Waals surface area contributed by atoms with Gasteiger partial charge in [0.25, 0.3) is 0 Å². The van der Waals surface area contributed by atoms with Crippen molar-refractivity contribution >= 4 is 5.78 Å². The van der Waals surface area contributed by atoms with Crippen LogP contribution in [0.2, 0.25) is 0 Å². The molecule has 4 rings (SSSR count). The standard InChI is InChI=1S/C19H21FN2O/c1-12-5-7-13(8-6-12)18(23)9-16-19-14(3-2-4-15(19)20)17-10-21-11-22(16)17/h2-4,10-13,16H,5-9H2,1H3. The molecule has 0 bridgehead atoms. The van der Waals surface area contributed by atoms with Gasteiger partial charge in [-0.25, -0.2) is 9.37 Å². The van der Waals surface area contributed by atoms with E-state index in [9.17, 15) is 9.18 Å². The number of hydrogen-bond acceptors (Lipinski definition) is 2. The lowest BCUT2D eigenvalue weighted by atomic mass is 9.79. The monoisotopic (exact) mass is 312 g/mol. The summed E-state index contributed by atoms with van der Waals surface area (Å²) in [5.74, 6) is 0.928. The molecule has 1 aromatic carbocycles. The molecule has 0 saturated heterocycles. The summed E-state index contributed by atoms with van der Waals surface area (Å²) in [7, 11) is 0. The highest BCUT2D eigenvalue weighted by atomic mass is 19.1. The number of hydrogen-bond donors (Lipinski definition) is 0. The van der Waals surface area contributed by atoms with Gasteiger partial charge in [0.15, 0.2) is 0 Å². The van der Waals surface area contributed by atoms with Crippen LogP contribution in [0.4, 0.5) is 4.39 Å². The lowest BCUT2D eigenvalue weighted by Gasteiger charge is -2.26. The van der Waals surface area contributed by atoms with E-state index in [1.54, 1.807) is 18.6 Å². The van der Waals surface area contributed by atoms with Crippen LogP contribution in [-0.2, 0) is 4.79 Å². The zero-order valence-corrected chi connectivity index (χ0v) is 13.3. The molecule has 2 heterocycles. The molecule has 1 aliphatic carbocycles. The first-order valence-corrected chi connectivity index (χ1v) is 8.48. The zero-order chi connectivity index (χ0) is 16.0. The van der Waals surface area contributed by atoms with Gasteiger partial charge in [-0.2, -0.15) is 0 Å². The third-order valence-corrected chi connectivity index (χ3v) is 5.53. The number of carbonyl (C=O) groups is 1. The molecule has 23 heavy (non-hydrogen) atoms. The van der Waals surface area contributed by atoms with Gasteiger partial charge in [-0.1, -0.05) is 31.9 Å². The van der Waals surface area contributed by atoms with Crippen molar-refractivity contribution in [3.05, 3.63) is 42.1 Å². The van der Waals surface area contributed by atoms with Gasteiger partial charge in [0.1, 0.15) is 11.6 Å². The van der Waals surface area contributed by atoms with E-state index in [-0.39, 0.29) is 23.6 Å². The Morgan fingerprint density at radius 1 is 1.30 bits per heavy atom. The fraction of sp³-hybridized carbons (Fsp3) is 0.474. The van der Waals surface area contributed by atoms with Crippen LogP contribution in [0, 0.1) is 17.7 Å². The second-order valence-corrected chi connectivity index (χ2v) is 7.03. The van der Waals surface area contributed by atoms with Crippen molar-refractivity contribution in [1.29, 1.82) is 0 Å². The number of ketones is 1. The van der Waals surface area contributed by atoms with Crippen LogP contribution in [0.15, 0.2) is 30.7 Å². The Bertz CT molecular complexity index is 744. The molecule has 1 aromatic heterocycles. The lowest BCUT2D eigenvalue weighted by molar-refractivity contribution is -0.124. The molecular formula is C19H21FN2O. The SMILES string of the molecule is CC1CCC(C(=O)CC2c3c(F)cccc3-c3cncn32)CC1. The molecule has 0 amide bonds. The number of aromatic nitrogens is 2. The maximum absolute atomic E-state index is 14.4. The van der Waals surface area contributed by atoms with Crippen LogP contribution < -0.4 is 0 Å². The van der Waals surface area contributed by atoms with E-state index in [4.69, 9.17) is 0 Å². The Morgan fingerprint density at radius 3 is 2.87 bits per heavy atom. The minimum absolute atomic E-state index is 0.147. The Balaban J connectivity index is 1.61. The summed E-state index contributed by atoms with van der Waals surface area (Å²) in [4.78, 5) is 16.9. The first-order valence-electron chi connectivity index (χ1n) is 8.48. The minimum Gasteiger partial charge on any atom is -0.322 e. The Morgan fingerprint density at radius 2 is 2.09 bits per heavy atom. The summed E-state index contributed by atoms with van der Waals surface area (Å²) in [6, 6.07) is 4.88. The largest absolute Gasteiger partial charge is 0.322 e. The van der Waals surface area contributed by atoms with Crippen LogP contribution >= 0.6 is 0 Å². The molecule has 1 saturated carbocycles. The van der Waals surface area contributed by atoms with Crippen LogP contribution in [-0.4, -0.2) is 15.3 Å². The second kappa shape index (κ2) is 5.59. The van der Waals surface area contributed by atoms with Crippen molar-refractivity contribution in [2.75, 3.05) is 0 Å². The number of Topliss-reactive ketones (excluding diaryl/α,β-unsaturated/α-hetero) is 1. The average molecular weight is 312 g/mol. The Hall–Kier alpha value is -1.97. The van der Waals surface area contributed by atoms with Gasteiger partial charge in [-0.05, 0) is 24.8 Å². The molecule has 1 aliphatic heterocycles. The Labute approximate surface area is 135 Å². The molecule has 1 unspecified atom stereocenters. The molecule has 0 spiro atoms. The van der Waals surface area contributed by atoms with Crippen LogP contribution in [0.3, 0.4) is 0 Å². The van der Waals surface area contributed by atoms with Crippen molar-refractivity contribution in [3.63, 3.8) is 0 Å². The molecule has 0 radical (unpaired) electrons. The number of imidazole rings is 1. The van der Waals surface area contributed by atoms with Gasteiger partial charge in [0.05, 0.1) is 24.3 Å². The van der Waals surface area contributed by atoms with Crippen LogP contribution in [0.25, 0.3) is 11.3 Å². The first-order chi connectivity index (χ1) is 11.1. The lowest BCUT2D eigenvalue weighted by Crippen LogP contribution is -2.23. The van der Waals surface area contributed by atoms with Crippen molar-refractivity contribution < 1.29 is 9.18 Å². The van der Waals surface area contributed by atoms with Gasteiger partial charge in [0, 0.05) is 23.5 Å². The van der Waals surface area contributed by atoms with Gasteiger partial charge >= 0.3 is 0 Å². The van der Waals surface area contributed by atoms with E-state index in [1.165, 1.54) is 6.07 Å². The van der Waals surface area contributed by atoms with Gasteiger partial charge in [-0.15, -0.1) is 0 Å². The third-order valence-electron chi connectivity index (χ3n) is 5.53. The summed E-state index contributed by atoms with van der Waals surface area (Å²) < 4.78 is 16.3. The van der Waals surface area contributed by atoms with E-state index in [0.717, 1.165) is 42.9 Å². The van der Waals surface area contributed by atoms with Crippen LogP contribution in [0.5, 0.6) is 0 Å². The third kappa shape index (κ3) is 2.41. The smallest absolute Gasteiger partial charge is 0.138 e. The van der Waals surface area contributed by atoms with Gasteiger partial charge < -0.3 is 4.57 Å². The van der Waals surface area contributed by atoms with Crippen molar-refractivity contribution in [3.8, 4) is 11.3 Å². The Kier molecular flexibility index (Phi) is 3.55. The fourth-order valence-electron chi connectivity index (χ4n) is 4.14. The van der Waals surface area contributed by atoms with Crippen molar-refractivity contribution in [2.24, 2.45) is 11.8 Å². The number of nitrogens with zero attached hydrogens (tertiary/aromatic N) is 2. The number of benzene rings is 1. The van der Waals surface area contributed by atoms with Crippen molar-refractivity contribution in [2.45, 2.75) is 45.1 Å². The molecule has 120 valence electrons.